The molecule has 0 aromatic heterocycles. The van der Waals surface area contributed by atoms with Crippen molar-refractivity contribution in [1.82, 2.24) is 0 Å². The third kappa shape index (κ3) is 3.64. The lowest BCUT2D eigenvalue weighted by atomic mass is 10.00. The fraction of sp³-hybridized carbons (Fsp3) is 0.133. The highest BCUT2D eigenvalue weighted by molar-refractivity contribution is 6.06. The number of nitrogens with two attached hydrogens (primary N) is 3. The van der Waals surface area contributed by atoms with Gasteiger partial charge < -0.3 is 22.3 Å². The van der Waals surface area contributed by atoms with Crippen LogP contribution in [0.1, 0.15) is 18.1 Å². The van der Waals surface area contributed by atoms with E-state index < -0.39 is 5.96 Å². The molecule has 2 aromatic carbocycles. The summed E-state index contributed by atoms with van der Waals surface area (Å²) >= 11 is 0. The predicted molar refractivity (Wildman–Crippen MR) is 94.8 cm³/mol. The third-order valence-electron chi connectivity index (χ3n) is 3.28. The normalized spacial score (nSPS) is 11.8. The van der Waals surface area contributed by atoms with Crippen LogP contribution in [0, 0.1) is 12.3 Å². The van der Waals surface area contributed by atoms with Crippen LogP contribution in [-0.2, 0) is 0 Å². The summed E-state index contributed by atoms with van der Waals surface area (Å²) in [5.41, 5.74) is 18.2. The minimum atomic E-state index is -0.407. The first-order valence-electron chi connectivity index (χ1n) is 6.95. The van der Waals surface area contributed by atoms with Gasteiger partial charge >= 0.3 is 0 Å². The number of phenolic OH excluding ortho intramolecular Hbond substituents is 1. The Hall–Kier alpha value is -3.49. The number of hydrogen-bond acceptors (Lipinski definition) is 5. The first-order valence-corrected chi connectivity index (χ1v) is 6.95. The lowest BCUT2D eigenvalue weighted by molar-refractivity contribution is 0.477. The summed E-state index contributed by atoms with van der Waals surface area (Å²) in [4.78, 5) is 0. The number of fused-ring (bicyclic) bond motifs is 1. The molecule has 8 N–H and O–H groups in total. The second-order valence-electron chi connectivity index (χ2n) is 5.12. The second kappa shape index (κ2) is 6.73. The number of nitrogens with zero attached hydrogens (tertiary/aromatic N) is 4. The fourth-order valence-corrected chi connectivity index (χ4v) is 2.13. The van der Waals surface area contributed by atoms with Gasteiger partial charge in [-0.2, -0.15) is 5.10 Å². The first-order chi connectivity index (χ1) is 11.3. The molecule has 0 aliphatic carbocycles. The van der Waals surface area contributed by atoms with Gasteiger partial charge in [0.25, 0.3) is 0 Å². The maximum absolute atomic E-state index is 10.2. The number of hydrogen-bond donors (Lipinski definition) is 5. The van der Waals surface area contributed by atoms with Crippen molar-refractivity contribution in [3.63, 3.8) is 0 Å². The molecule has 124 valence electrons. The third-order valence-corrected chi connectivity index (χ3v) is 3.28. The molecule has 0 radical (unpaired) electrons. The van der Waals surface area contributed by atoms with Crippen LogP contribution in [0.5, 0.6) is 5.75 Å². The number of rotatable bonds is 3. The van der Waals surface area contributed by atoms with Gasteiger partial charge in [-0.3, -0.25) is 5.41 Å². The van der Waals surface area contributed by atoms with E-state index >= 15 is 0 Å². The van der Waals surface area contributed by atoms with Crippen LogP contribution in [0.15, 0.2) is 44.7 Å². The molecular formula is C15H18N8O. The van der Waals surface area contributed by atoms with Gasteiger partial charge in [0.05, 0.1) is 11.4 Å². The molecule has 9 heteroatoms. The van der Waals surface area contributed by atoms with Gasteiger partial charge in [-0.05, 0) is 43.2 Å². The Morgan fingerprint density at radius 2 is 1.79 bits per heavy atom. The quantitative estimate of drug-likeness (QED) is 0.251. The Balaban J connectivity index is 2.67. The zero-order valence-corrected chi connectivity index (χ0v) is 13.3. The van der Waals surface area contributed by atoms with Crippen LogP contribution >= 0.6 is 0 Å². The molecule has 9 nitrogen and oxygen atoms in total. The number of azo groups is 1. The number of aromatic hydroxyl groups is 1. The van der Waals surface area contributed by atoms with Crippen LogP contribution in [-0.4, -0.2) is 22.7 Å². The van der Waals surface area contributed by atoms with E-state index in [1.807, 2.05) is 0 Å². The Labute approximate surface area is 138 Å². The second-order valence-corrected chi connectivity index (χ2v) is 5.12. The molecule has 0 bridgehead atoms. The minimum Gasteiger partial charge on any atom is -0.507 e. The topological polar surface area (TPSA) is 172 Å². The first kappa shape index (κ1) is 16.9. The molecule has 0 heterocycles. The lowest BCUT2D eigenvalue weighted by Gasteiger charge is -2.09. The van der Waals surface area contributed by atoms with Crippen molar-refractivity contribution in [3.05, 3.63) is 35.4 Å². The van der Waals surface area contributed by atoms with Crippen LogP contribution in [0.25, 0.3) is 10.8 Å². The summed E-state index contributed by atoms with van der Waals surface area (Å²) in [5, 5.41) is 33.7. The molecule has 2 aromatic rings. The molecule has 0 amide bonds. The predicted octanol–water partition coefficient (Wildman–Crippen LogP) is 1.83. The fourth-order valence-electron chi connectivity index (χ4n) is 2.13. The summed E-state index contributed by atoms with van der Waals surface area (Å²) in [5.74, 6) is -0.396. The van der Waals surface area contributed by atoms with Crippen molar-refractivity contribution < 1.29 is 5.11 Å². The van der Waals surface area contributed by atoms with Crippen molar-refractivity contribution in [2.24, 2.45) is 37.6 Å². The highest BCUT2D eigenvalue weighted by atomic mass is 16.3. The summed E-state index contributed by atoms with van der Waals surface area (Å²) in [7, 11) is 0. The molecular weight excluding hydrogens is 308 g/mol. The number of guanidine groups is 2. The van der Waals surface area contributed by atoms with Crippen LogP contribution in [0.2, 0.25) is 0 Å². The van der Waals surface area contributed by atoms with Gasteiger partial charge in [0.1, 0.15) is 5.75 Å². The average molecular weight is 326 g/mol. The summed E-state index contributed by atoms with van der Waals surface area (Å²) in [6.07, 6.45) is 0. The number of aryl methyl sites for hydroxylation is 1. The molecule has 0 saturated carbocycles. The summed E-state index contributed by atoms with van der Waals surface area (Å²) < 4.78 is 0. The number of benzene rings is 2. The SMILES string of the molecule is CC(=NN=C(N)N)c1ccc2c(O)c(C)cc(N=NC(=N)N)c2c1. The average Bonchev–Trinajstić information content (AvgIpc) is 2.54. The smallest absolute Gasteiger partial charge is 0.232 e. The molecule has 2 rings (SSSR count). The van der Waals surface area contributed by atoms with Crippen molar-refractivity contribution in [1.29, 1.82) is 5.41 Å². The van der Waals surface area contributed by atoms with Crippen molar-refractivity contribution in [2.45, 2.75) is 13.8 Å². The number of phenols is 1. The largest absolute Gasteiger partial charge is 0.507 e. The Morgan fingerprint density at radius 1 is 1.08 bits per heavy atom. The Bertz CT molecular complexity index is 894. The molecule has 0 atom stereocenters. The molecule has 24 heavy (non-hydrogen) atoms. The lowest BCUT2D eigenvalue weighted by Crippen LogP contribution is -2.22. The van der Waals surface area contributed by atoms with E-state index in [2.05, 4.69) is 20.4 Å². The molecule has 0 fully saturated rings. The monoisotopic (exact) mass is 326 g/mol. The van der Waals surface area contributed by atoms with Crippen LogP contribution in [0.4, 0.5) is 5.69 Å². The van der Waals surface area contributed by atoms with Crippen molar-refractivity contribution in [3.8, 4) is 5.75 Å². The Morgan fingerprint density at radius 3 is 2.42 bits per heavy atom. The maximum atomic E-state index is 10.2. The van der Waals surface area contributed by atoms with Gasteiger partial charge in [0, 0.05) is 10.8 Å². The number of nitrogens with one attached hydrogen (secondary N) is 1. The molecule has 0 unspecified atom stereocenters. The van der Waals surface area contributed by atoms with E-state index in [9.17, 15) is 5.11 Å². The zero-order valence-electron chi connectivity index (χ0n) is 13.3. The van der Waals surface area contributed by atoms with Gasteiger partial charge in [0.2, 0.25) is 11.9 Å². The zero-order chi connectivity index (χ0) is 17.9. The van der Waals surface area contributed by atoms with Gasteiger partial charge in [-0.1, -0.05) is 6.07 Å². The van der Waals surface area contributed by atoms with E-state index in [0.29, 0.717) is 27.7 Å². The van der Waals surface area contributed by atoms with E-state index in [1.54, 1.807) is 38.1 Å². The minimum absolute atomic E-state index is 0.139. The maximum Gasteiger partial charge on any atom is 0.232 e. The van der Waals surface area contributed by atoms with Gasteiger partial charge in [-0.25, -0.2) is 0 Å². The highest BCUT2D eigenvalue weighted by Crippen LogP contribution is 2.36. The Kier molecular flexibility index (Phi) is 4.73. The van der Waals surface area contributed by atoms with E-state index in [0.717, 1.165) is 5.56 Å². The van der Waals surface area contributed by atoms with E-state index in [4.69, 9.17) is 22.6 Å². The standard InChI is InChI=1S/C15H18N8O/c1-7-5-12(21-23-15(18)19)11-6-9(3-4-10(11)13(7)24)8(2)20-22-14(16)17/h3-6,24H,1-2H3,(H3,18,19)(H4,16,17,22). The van der Waals surface area contributed by atoms with Crippen molar-refractivity contribution >= 4 is 34.1 Å². The molecule has 0 aliphatic rings. The molecule has 0 spiro atoms. The highest BCUT2D eigenvalue weighted by Gasteiger charge is 2.11. The molecule has 0 aliphatic heterocycles. The molecule has 0 saturated heterocycles. The summed E-state index contributed by atoms with van der Waals surface area (Å²) in [6, 6.07) is 6.98. The van der Waals surface area contributed by atoms with Crippen LogP contribution < -0.4 is 17.2 Å². The van der Waals surface area contributed by atoms with Crippen LogP contribution in [0.3, 0.4) is 0 Å². The van der Waals surface area contributed by atoms with Crippen molar-refractivity contribution in [2.75, 3.05) is 0 Å². The van der Waals surface area contributed by atoms with Gasteiger partial charge in [-0.15, -0.1) is 15.3 Å². The van der Waals surface area contributed by atoms with E-state index in [-0.39, 0.29) is 11.7 Å². The van der Waals surface area contributed by atoms with Gasteiger partial charge in [0.15, 0.2) is 0 Å². The van der Waals surface area contributed by atoms with E-state index in [1.165, 1.54) is 0 Å². The summed E-state index contributed by atoms with van der Waals surface area (Å²) in [6.45, 7) is 3.50.